The Labute approximate surface area is 241 Å². The van der Waals surface area contributed by atoms with E-state index in [1.54, 1.807) is 11.3 Å². The van der Waals surface area contributed by atoms with Gasteiger partial charge in [-0.3, -0.25) is 9.59 Å². The maximum Gasteiger partial charge on any atom is 0.243 e. The molecule has 1 aliphatic heterocycles. The number of nitrogens with one attached hydrogen (secondary N) is 2. The number of nitrogens with zero attached hydrogens (tertiary/aromatic N) is 2. The third-order valence-electron chi connectivity index (χ3n) is 6.85. The second-order valence-corrected chi connectivity index (χ2v) is 12.1. The molecule has 0 aliphatic carbocycles. The second-order valence-electron chi connectivity index (χ2n) is 11.2. The van der Waals surface area contributed by atoms with Crippen LogP contribution < -0.4 is 16.4 Å². The van der Waals surface area contributed by atoms with Crippen molar-refractivity contribution in [3.8, 4) is 10.4 Å². The number of aromatic nitrogens is 1. The van der Waals surface area contributed by atoms with E-state index in [9.17, 15) is 14.7 Å². The molecule has 2 heterocycles. The zero-order valence-electron chi connectivity index (χ0n) is 24.2. The summed E-state index contributed by atoms with van der Waals surface area (Å²) in [6.07, 6.45) is 0.208. The fourth-order valence-corrected chi connectivity index (χ4v) is 5.53. The molecule has 0 saturated carbocycles. The highest BCUT2D eigenvalue weighted by Crippen LogP contribution is 2.28. The van der Waals surface area contributed by atoms with Gasteiger partial charge in [0.2, 0.25) is 11.8 Å². The first-order valence-electron chi connectivity index (χ1n) is 14.0. The Balaban J connectivity index is 1.53. The van der Waals surface area contributed by atoms with E-state index in [1.807, 2.05) is 57.5 Å². The summed E-state index contributed by atoms with van der Waals surface area (Å²) in [5, 5.41) is 16.7. The summed E-state index contributed by atoms with van der Waals surface area (Å²) in [5.41, 5.74) is 9.88. The molecule has 1 saturated heterocycles. The number of thiazole rings is 1. The van der Waals surface area contributed by atoms with Gasteiger partial charge in [-0.25, -0.2) is 4.98 Å². The number of likely N-dealkylation sites (tertiary alicyclic amines) is 1. The fourth-order valence-electron chi connectivity index (χ4n) is 4.72. The van der Waals surface area contributed by atoms with E-state index in [0.29, 0.717) is 46.1 Å². The summed E-state index contributed by atoms with van der Waals surface area (Å²) in [7, 11) is 0. The van der Waals surface area contributed by atoms with Crippen molar-refractivity contribution in [3.63, 3.8) is 0 Å². The van der Waals surface area contributed by atoms with Gasteiger partial charge in [0, 0.05) is 32.7 Å². The molecular formula is C29H45N5O5S. The highest BCUT2D eigenvalue weighted by molar-refractivity contribution is 7.13. The van der Waals surface area contributed by atoms with Crippen LogP contribution in [-0.2, 0) is 25.6 Å². The van der Waals surface area contributed by atoms with Crippen molar-refractivity contribution < 1.29 is 24.2 Å². The molecule has 3 rings (SSSR count). The van der Waals surface area contributed by atoms with E-state index in [1.165, 1.54) is 4.90 Å². The predicted octanol–water partition coefficient (Wildman–Crippen LogP) is 2.08. The molecule has 0 spiro atoms. The van der Waals surface area contributed by atoms with Gasteiger partial charge >= 0.3 is 0 Å². The van der Waals surface area contributed by atoms with Crippen LogP contribution in [0.2, 0.25) is 0 Å². The molecule has 3 atom stereocenters. The van der Waals surface area contributed by atoms with Crippen LogP contribution in [0.25, 0.3) is 10.4 Å². The number of carbonyl (C=O) groups excluding carboxylic acids is 2. The molecule has 2 amide bonds. The van der Waals surface area contributed by atoms with E-state index in [2.05, 4.69) is 15.6 Å². The lowest BCUT2D eigenvalue weighted by Gasteiger charge is -2.35. The number of nitrogens with two attached hydrogens (primary N) is 1. The number of aliphatic hydroxyl groups is 1. The molecule has 1 aromatic carbocycles. The van der Waals surface area contributed by atoms with Crippen molar-refractivity contribution in [2.45, 2.75) is 65.3 Å². The first-order valence-corrected chi connectivity index (χ1v) is 14.8. The number of ether oxygens (including phenoxy) is 2. The van der Waals surface area contributed by atoms with Crippen molar-refractivity contribution in [3.05, 3.63) is 41.0 Å². The summed E-state index contributed by atoms with van der Waals surface area (Å²) in [5.74, 6) is -0.435. The van der Waals surface area contributed by atoms with Crippen LogP contribution in [0.15, 0.2) is 29.8 Å². The van der Waals surface area contributed by atoms with Crippen LogP contribution in [0, 0.1) is 12.3 Å². The predicted molar refractivity (Wildman–Crippen MR) is 157 cm³/mol. The number of amides is 2. The molecule has 1 fully saturated rings. The van der Waals surface area contributed by atoms with Gasteiger partial charge in [0.05, 0.1) is 48.0 Å². The van der Waals surface area contributed by atoms with Gasteiger partial charge in [-0.15, -0.1) is 11.3 Å². The quantitative estimate of drug-likeness (QED) is 0.237. The molecule has 2 aromatic rings. The Hall–Kier alpha value is -2.41. The number of hydrogen-bond acceptors (Lipinski definition) is 9. The third-order valence-corrected chi connectivity index (χ3v) is 7.83. The maximum absolute atomic E-state index is 13.7. The lowest BCUT2D eigenvalue weighted by Crippen LogP contribution is -2.56. The second kappa shape index (κ2) is 15.6. The Kier molecular flexibility index (Phi) is 12.5. The molecule has 2 unspecified atom stereocenters. The average Bonchev–Trinajstić information content (AvgIpc) is 3.53. The highest BCUT2D eigenvalue weighted by Gasteiger charge is 2.43. The van der Waals surface area contributed by atoms with E-state index in [4.69, 9.17) is 15.2 Å². The van der Waals surface area contributed by atoms with Crippen molar-refractivity contribution in [2.75, 3.05) is 46.1 Å². The topological polar surface area (TPSA) is 139 Å². The summed E-state index contributed by atoms with van der Waals surface area (Å²) in [6, 6.07) is 6.79. The number of aryl methyl sites for hydroxylation is 1. The van der Waals surface area contributed by atoms with E-state index < -0.39 is 18.2 Å². The molecule has 0 bridgehead atoms. The van der Waals surface area contributed by atoms with Crippen LogP contribution in [-0.4, -0.2) is 91.1 Å². The van der Waals surface area contributed by atoms with Crippen LogP contribution in [0.1, 0.15) is 44.9 Å². The van der Waals surface area contributed by atoms with Crippen molar-refractivity contribution >= 4 is 23.2 Å². The zero-order valence-corrected chi connectivity index (χ0v) is 25.0. The standard InChI is InChI=1S/C29H45N5O5S/c1-20-25(40-19-33-20)22-8-6-21(7-9-22)17-32-27(36)24-16-23(35)18-34(24)28(37)26(29(2,3)4)31-11-5-12-38-14-15-39-13-10-30/h6-9,19,23-24,26,31,35H,5,10-18,30H2,1-4H3,(H,32,36)/t23?,24?,26-/m1/s1. The SMILES string of the molecule is Cc1ncsc1-c1ccc(CNC(=O)C2CC(O)CN2C(=O)[C@@H](NCCCOCCOCCN)C(C)(C)C)cc1. The Morgan fingerprint density at radius 2 is 1.88 bits per heavy atom. The van der Waals surface area contributed by atoms with Crippen molar-refractivity contribution in [1.82, 2.24) is 20.5 Å². The van der Waals surface area contributed by atoms with E-state index >= 15 is 0 Å². The number of benzene rings is 1. The lowest BCUT2D eigenvalue weighted by atomic mass is 9.85. The summed E-state index contributed by atoms with van der Waals surface area (Å²) in [4.78, 5) is 33.8. The number of rotatable bonds is 15. The minimum Gasteiger partial charge on any atom is -0.391 e. The van der Waals surface area contributed by atoms with Crippen molar-refractivity contribution in [2.24, 2.45) is 11.1 Å². The van der Waals surface area contributed by atoms with Gasteiger partial charge in [0.25, 0.3) is 0 Å². The Morgan fingerprint density at radius 3 is 2.50 bits per heavy atom. The molecule has 10 nitrogen and oxygen atoms in total. The summed E-state index contributed by atoms with van der Waals surface area (Å²) >= 11 is 1.60. The maximum atomic E-state index is 13.7. The number of aliphatic hydroxyl groups excluding tert-OH is 1. The molecule has 222 valence electrons. The molecular weight excluding hydrogens is 530 g/mol. The molecule has 11 heteroatoms. The van der Waals surface area contributed by atoms with Gasteiger partial charge in [-0.2, -0.15) is 0 Å². The monoisotopic (exact) mass is 575 g/mol. The first-order chi connectivity index (χ1) is 19.1. The first kappa shape index (κ1) is 32.1. The molecule has 40 heavy (non-hydrogen) atoms. The van der Waals surface area contributed by atoms with E-state index in [-0.39, 0.29) is 30.2 Å². The van der Waals surface area contributed by atoms with Crippen LogP contribution in [0.4, 0.5) is 0 Å². The Morgan fingerprint density at radius 1 is 1.18 bits per heavy atom. The zero-order chi connectivity index (χ0) is 29.1. The normalized spacial score (nSPS) is 18.2. The van der Waals surface area contributed by atoms with E-state index in [0.717, 1.165) is 28.1 Å². The minimum atomic E-state index is -0.739. The van der Waals surface area contributed by atoms with Gasteiger partial charge in [-0.05, 0) is 36.4 Å². The molecule has 5 N–H and O–H groups in total. The fraction of sp³-hybridized carbons (Fsp3) is 0.621. The van der Waals surface area contributed by atoms with Gasteiger partial charge in [0.15, 0.2) is 0 Å². The van der Waals surface area contributed by atoms with Crippen LogP contribution in [0.3, 0.4) is 0 Å². The smallest absolute Gasteiger partial charge is 0.243 e. The minimum absolute atomic E-state index is 0.139. The van der Waals surface area contributed by atoms with Gasteiger partial charge in [0.1, 0.15) is 6.04 Å². The highest BCUT2D eigenvalue weighted by atomic mass is 32.1. The van der Waals surface area contributed by atoms with Crippen molar-refractivity contribution in [1.29, 1.82) is 0 Å². The molecule has 1 aromatic heterocycles. The Bertz CT molecular complexity index is 1070. The molecule has 0 radical (unpaired) electrons. The number of β-amino-alcohol motifs (C(OH)–C–C–N with tert-alkyl or cyclic N) is 1. The van der Waals surface area contributed by atoms with Gasteiger partial charge < -0.3 is 35.8 Å². The number of carbonyl (C=O) groups is 2. The van der Waals surface area contributed by atoms with Gasteiger partial charge in [-0.1, -0.05) is 45.0 Å². The average molecular weight is 576 g/mol. The number of hydrogen-bond donors (Lipinski definition) is 4. The van der Waals surface area contributed by atoms with Crippen LogP contribution >= 0.6 is 11.3 Å². The third kappa shape index (κ3) is 9.32. The molecule has 1 aliphatic rings. The summed E-state index contributed by atoms with van der Waals surface area (Å²) < 4.78 is 10.9. The summed E-state index contributed by atoms with van der Waals surface area (Å²) in [6.45, 7) is 11.6. The van der Waals surface area contributed by atoms with Crippen LogP contribution in [0.5, 0.6) is 0 Å². The largest absolute Gasteiger partial charge is 0.391 e. The lowest BCUT2D eigenvalue weighted by molar-refractivity contribution is -0.142.